The second-order valence-electron chi connectivity index (χ2n) is 10.3. The van der Waals surface area contributed by atoms with Crippen LogP contribution < -0.4 is 9.62 Å². The van der Waals surface area contributed by atoms with Gasteiger partial charge in [-0.25, -0.2) is 12.8 Å². The van der Waals surface area contributed by atoms with Crippen molar-refractivity contribution in [1.29, 1.82) is 0 Å². The summed E-state index contributed by atoms with van der Waals surface area (Å²) in [4.78, 5) is 28.9. The molecule has 0 aliphatic carbocycles. The first-order chi connectivity index (χ1) is 18.2. The Morgan fingerprint density at radius 1 is 0.949 bits per heavy atom. The molecule has 3 aromatic rings. The summed E-state index contributed by atoms with van der Waals surface area (Å²) in [7, 11) is -4.06. The van der Waals surface area contributed by atoms with Crippen LogP contribution in [0.1, 0.15) is 31.9 Å². The number of carbonyl (C=O) groups excluding carboxylic acids is 2. The number of para-hydroxylation sites is 1. The monoisotopic (exact) mass is 573 g/mol. The lowest BCUT2D eigenvalue weighted by atomic mass is 10.0. The molecular formula is C29H33ClFN3O4S. The molecule has 0 aliphatic rings. The van der Waals surface area contributed by atoms with E-state index < -0.39 is 45.8 Å². The van der Waals surface area contributed by atoms with Crippen molar-refractivity contribution < 1.29 is 22.4 Å². The van der Waals surface area contributed by atoms with Gasteiger partial charge in [0.05, 0.1) is 11.9 Å². The molecule has 10 heteroatoms. The molecule has 2 amide bonds. The number of amides is 2. The summed E-state index contributed by atoms with van der Waals surface area (Å²) in [6.07, 6.45) is 1.08. The lowest BCUT2D eigenvalue weighted by Gasteiger charge is -2.35. The molecule has 3 aromatic carbocycles. The Kier molecular flexibility index (Phi) is 9.74. The summed E-state index contributed by atoms with van der Waals surface area (Å²) in [5.74, 6) is -1.87. The van der Waals surface area contributed by atoms with Gasteiger partial charge in [-0.05, 0) is 56.2 Å². The van der Waals surface area contributed by atoms with Gasteiger partial charge in [0.15, 0.2) is 0 Å². The summed E-state index contributed by atoms with van der Waals surface area (Å²) in [6.45, 7) is 4.77. The third-order valence-corrected chi connectivity index (χ3v) is 7.17. The molecule has 39 heavy (non-hydrogen) atoms. The van der Waals surface area contributed by atoms with Crippen molar-refractivity contribution >= 4 is 39.1 Å². The van der Waals surface area contributed by atoms with E-state index >= 15 is 0 Å². The molecule has 0 radical (unpaired) electrons. The smallest absolute Gasteiger partial charge is 0.244 e. The average molecular weight is 574 g/mol. The normalized spacial score (nSPS) is 12.5. The van der Waals surface area contributed by atoms with E-state index in [0.717, 1.165) is 22.2 Å². The van der Waals surface area contributed by atoms with Crippen molar-refractivity contribution in [3.8, 4) is 0 Å². The van der Waals surface area contributed by atoms with E-state index in [2.05, 4.69) is 5.32 Å². The largest absolute Gasteiger partial charge is 0.350 e. The summed E-state index contributed by atoms with van der Waals surface area (Å²) in [6, 6.07) is 20.4. The van der Waals surface area contributed by atoms with Gasteiger partial charge in [-0.3, -0.25) is 13.9 Å². The molecule has 0 fully saturated rings. The zero-order chi connectivity index (χ0) is 28.8. The first kappa shape index (κ1) is 30.1. The molecule has 0 spiro atoms. The lowest BCUT2D eigenvalue weighted by Crippen LogP contribution is -2.56. The highest BCUT2D eigenvalue weighted by atomic mass is 35.5. The van der Waals surface area contributed by atoms with Crippen LogP contribution in [0, 0.1) is 5.82 Å². The van der Waals surface area contributed by atoms with E-state index in [1.165, 1.54) is 23.1 Å². The van der Waals surface area contributed by atoms with Crippen LogP contribution in [0.4, 0.5) is 10.1 Å². The van der Waals surface area contributed by atoms with Crippen LogP contribution in [0.3, 0.4) is 0 Å². The molecule has 0 aromatic heterocycles. The van der Waals surface area contributed by atoms with E-state index in [9.17, 15) is 22.4 Å². The van der Waals surface area contributed by atoms with Crippen molar-refractivity contribution in [2.75, 3.05) is 17.1 Å². The van der Waals surface area contributed by atoms with Crippen LogP contribution in [0.5, 0.6) is 0 Å². The van der Waals surface area contributed by atoms with Crippen LogP contribution in [0.25, 0.3) is 0 Å². The quantitative estimate of drug-likeness (QED) is 0.377. The van der Waals surface area contributed by atoms with Gasteiger partial charge in [-0.2, -0.15) is 0 Å². The predicted octanol–water partition coefficient (Wildman–Crippen LogP) is 4.80. The van der Waals surface area contributed by atoms with E-state index in [-0.39, 0.29) is 18.7 Å². The van der Waals surface area contributed by atoms with Crippen LogP contribution in [-0.2, 0) is 32.6 Å². The van der Waals surface area contributed by atoms with Gasteiger partial charge in [0.25, 0.3) is 0 Å². The maximum Gasteiger partial charge on any atom is 0.244 e. The topological polar surface area (TPSA) is 86.8 Å². The fourth-order valence-electron chi connectivity index (χ4n) is 4.09. The average Bonchev–Trinajstić information content (AvgIpc) is 2.84. The number of nitrogens with one attached hydrogen (secondary N) is 1. The molecule has 208 valence electrons. The number of benzene rings is 3. The number of nitrogens with zero attached hydrogens (tertiary/aromatic N) is 2. The molecule has 1 atom stereocenters. The van der Waals surface area contributed by atoms with Crippen molar-refractivity contribution in [2.45, 2.75) is 45.3 Å². The molecule has 1 unspecified atom stereocenters. The Balaban J connectivity index is 2.09. The standard InChI is InChI=1S/C29H33ClFN3O4S/c1-29(2,3)32-28(36)26(18-21-11-6-5-7-12-21)33(19-22-13-10-14-23(30)17-22)27(35)20-34(39(4,37)38)25-16-9-8-15-24(25)31/h5-17,26H,18-20H2,1-4H3,(H,32,36). The number of anilines is 1. The van der Waals surface area contributed by atoms with Gasteiger partial charge >= 0.3 is 0 Å². The maximum absolute atomic E-state index is 14.7. The van der Waals surface area contributed by atoms with Crippen LogP contribution >= 0.6 is 11.6 Å². The number of rotatable bonds is 10. The Bertz CT molecular complexity index is 1410. The molecule has 0 saturated carbocycles. The molecule has 0 saturated heterocycles. The van der Waals surface area contributed by atoms with E-state index in [1.807, 2.05) is 51.1 Å². The molecule has 1 N–H and O–H groups in total. The summed E-state index contributed by atoms with van der Waals surface area (Å²) in [5, 5.41) is 3.39. The highest BCUT2D eigenvalue weighted by molar-refractivity contribution is 7.92. The second kappa shape index (κ2) is 12.6. The summed E-state index contributed by atoms with van der Waals surface area (Å²) in [5.41, 5.74) is 0.608. The highest BCUT2D eigenvalue weighted by Gasteiger charge is 2.34. The Morgan fingerprint density at radius 3 is 2.15 bits per heavy atom. The van der Waals surface area contributed by atoms with Crippen molar-refractivity contribution in [3.05, 3.63) is 101 Å². The summed E-state index contributed by atoms with van der Waals surface area (Å²) < 4.78 is 40.8. The minimum atomic E-state index is -4.06. The van der Waals surface area contributed by atoms with Crippen molar-refractivity contribution in [3.63, 3.8) is 0 Å². The van der Waals surface area contributed by atoms with Crippen LogP contribution in [0.2, 0.25) is 5.02 Å². The molecule has 3 rings (SSSR count). The van der Waals surface area contributed by atoms with Crippen LogP contribution in [0.15, 0.2) is 78.9 Å². The Labute approximate surface area is 234 Å². The zero-order valence-corrected chi connectivity index (χ0v) is 24.0. The maximum atomic E-state index is 14.7. The van der Waals surface area contributed by atoms with Gasteiger partial charge in [-0.1, -0.05) is 66.2 Å². The number of carbonyl (C=O) groups is 2. The fraction of sp³-hybridized carbons (Fsp3) is 0.310. The van der Waals surface area contributed by atoms with Gasteiger partial charge in [0, 0.05) is 23.5 Å². The zero-order valence-electron chi connectivity index (χ0n) is 22.4. The third kappa shape index (κ3) is 8.80. The van der Waals surface area contributed by atoms with Gasteiger partial charge in [0.1, 0.15) is 18.4 Å². The SMILES string of the molecule is CC(C)(C)NC(=O)C(Cc1ccccc1)N(Cc1cccc(Cl)c1)C(=O)CN(c1ccccc1F)S(C)(=O)=O. The predicted molar refractivity (Wildman–Crippen MR) is 152 cm³/mol. The van der Waals surface area contributed by atoms with E-state index in [0.29, 0.717) is 10.6 Å². The summed E-state index contributed by atoms with van der Waals surface area (Å²) >= 11 is 6.20. The highest BCUT2D eigenvalue weighted by Crippen LogP contribution is 2.23. The van der Waals surface area contributed by atoms with Crippen molar-refractivity contribution in [1.82, 2.24) is 10.2 Å². The lowest BCUT2D eigenvalue weighted by molar-refractivity contribution is -0.140. The van der Waals surface area contributed by atoms with Crippen LogP contribution in [-0.4, -0.2) is 49.5 Å². The first-order valence-corrected chi connectivity index (χ1v) is 14.6. The fourth-order valence-corrected chi connectivity index (χ4v) is 5.15. The minimum absolute atomic E-state index is 0.0245. The number of sulfonamides is 1. The first-order valence-electron chi connectivity index (χ1n) is 12.4. The number of hydrogen-bond donors (Lipinski definition) is 1. The van der Waals surface area contributed by atoms with Gasteiger partial charge in [-0.15, -0.1) is 0 Å². The Morgan fingerprint density at radius 2 is 1.56 bits per heavy atom. The number of halogens is 2. The van der Waals surface area contributed by atoms with Gasteiger partial charge < -0.3 is 10.2 Å². The van der Waals surface area contributed by atoms with Gasteiger partial charge in [0.2, 0.25) is 21.8 Å². The second-order valence-corrected chi connectivity index (χ2v) is 12.7. The number of hydrogen-bond acceptors (Lipinski definition) is 4. The van der Waals surface area contributed by atoms with Crippen molar-refractivity contribution in [2.24, 2.45) is 0 Å². The molecular weight excluding hydrogens is 541 g/mol. The Hall–Kier alpha value is -3.43. The molecule has 0 bridgehead atoms. The molecule has 0 aliphatic heterocycles. The van der Waals surface area contributed by atoms with E-state index in [1.54, 1.807) is 24.3 Å². The third-order valence-electron chi connectivity index (χ3n) is 5.81. The van der Waals surface area contributed by atoms with E-state index in [4.69, 9.17) is 11.6 Å². The minimum Gasteiger partial charge on any atom is -0.350 e. The molecule has 7 nitrogen and oxygen atoms in total. The molecule has 0 heterocycles.